The van der Waals surface area contributed by atoms with Gasteiger partial charge in [0.1, 0.15) is 0 Å². The average Bonchev–Trinajstić information content (AvgIpc) is 3.02. The van der Waals surface area contributed by atoms with Gasteiger partial charge in [-0.1, -0.05) is 30.3 Å². The summed E-state index contributed by atoms with van der Waals surface area (Å²) in [6, 6.07) is 10.1. The van der Waals surface area contributed by atoms with Gasteiger partial charge in [0.2, 0.25) is 0 Å². The van der Waals surface area contributed by atoms with E-state index in [1.165, 1.54) is 5.56 Å². The average molecular weight is 343 g/mol. The highest BCUT2D eigenvalue weighted by molar-refractivity contribution is 5.13. The number of β-amino-alcohol motifs (C(OH)–C–C–N with tert-alkyl or cyclic N) is 1. The van der Waals surface area contributed by atoms with Crippen molar-refractivity contribution < 1.29 is 9.84 Å². The minimum Gasteiger partial charge on any atom is -0.389 e. The van der Waals surface area contributed by atoms with Crippen LogP contribution < -0.4 is 0 Å². The van der Waals surface area contributed by atoms with E-state index in [1.54, 1.807) is 0 Å². The zero-order valence-corrected chi connectivity index (χ0v) is 15.1. The molecule has 1 saturated heterocycles. The van der Waals surface area contributed by atoms with Crippen molar-refractivity contribution in [2.45, 2.75) is 39.0 Å². The second-order valence-corrected chi connectivity index (χ2v) is 7.14. The second kappa shape index (κ2) is 9.13. The summed E-state index contributed by atoms with van der Waals surface area (Å²) in [4.78, 5) is 2.35. The van der Waals surface area contributed by atoms with Gasteiger partial charge in [-0.3, -0.25) is 4.68 Å². The lowest BCUT2D eigenvalue weighted by Crippen LogP contribution is -2.41. The molecule has 5 nitrogen and oxygen atoms in total. The number of ether oxygens (including phenoxy) is 1. The summed E-state index contributed by atoms with van der Waals surface area (Å²) >= 11 is 0. The van der Waals surface area contributed by atoms with Crippen molar-refractivity contribution in [3.63, 3.8) is 0 Å². The summed E-state index contributed by atoms with van der Waals surface area (Å²) in [6.45, 7) is 6.81. The van der Waals surface area contributed by atoms with Gasteiger partial charge in [-0.2, -0.15) is 5.10 Å². The third kappa shape index (κ3) is 5.96. The summed E-state index contributed by atoms with van der Waals surface area (Å²) in [5.74, 6) is 0.682. The molecule has 0 spiro atoms. The first kappa shape index (κ1) is 18.1. The first-order chi connectivity index (χ1) is 12.2. The van der Waals surface area contributed by atoms with E-state index in [2.05, 4.69) is 27.8 Å². The molecule has 0 saturated carbocycles. The van der Waals surface area contributed by atoms with Crippen molar-refractivity contribution in [1.82, 2.24) is 14.7 Å². The van der Waals surface area contributed by atoms with Gasteiger partial charge >= 0.3 is 0 Å². The van der Waals surface area contributed by atoms with Crippen LogP contribution >= 0.6 is 0 Å². The number of hydrogen-bond acceptors (Lipinski definition) is 4. The Kier molecular flexibility index (Phi) is 6.62. The van der Waals surface area contributed by atoms with Crippen molar-refractivity contribution in [2.24, 2.45) is 5.92 Å². The fourth-order valence-corrected chi connectivity index (χ4v) is 3.42. The minimum absolute atomic E-state index is 0.390. The molecule has 25 heavy (non-hydrogen) atoms. The SMILES string of the molecule is Cc1cnn(CC2CCN(C[C@H](O)COCc3ccccc3)CC2)c1. The maximum atomic E-state index is 10.2. The molecule has 136 valence electrons. The Hall–Kier alpha value is -1.69. The van der Waals surface area contributed by atoms with E-state index < -0.39 is 6.10 Å². The van der Waals surface area contributed by atoms with E-state index >= 15 is 0 Å². The van der Waals surface area contributed by atoms with Crippen LogP contribution in [0.4, 0.5) is 0 Å². The number of piperidine rings is 1. The molecule has 2 aromatic rings. The predicted molar refractivity (Wildman–Crippen MR) is 98.2 cm³/mol. The molecular weight excluding hydrogens is 314 g/mol. The lowest BCUT2D eigenvalue weighted by Gasteiger charge is -2.33. The van der Waals surface area contributed by atoms with Gasteiger partial charge in [0.05, 0.1) is 25.5 Å². The molecule has 1 aromatic heterocycles. The molecule has 0 bridgehead atoms. The molecule has 2 heterocycles. The highest BCUT2D eigenvalue weighted by Crippen LogP contribution is 2.19. The number of aliphatic hydroxyl groups excluding tert-OH is 1. The van der Waals surface area contributed by atoms with Gasteiger partial charge in [0.25, 0.3) is 0 Å². The van der Waals surface area contributed by atoms with Crippen molar-refractivity contribution in [3.05, 3.63) is 53.9 Å². The highest BCUT2D eigenvalue weighted by atomic mass is 16.5. The number of nitrogens with zero attached hydrogens (tertiary/aromatic N) is 3. The Balaban J connectivity index is 1.31. The third-order valence-corrected chi connectivity index (χ3v) is 4.81. The van der Waals surface area contributed by atoms with E-state index in [0.717, 1.165) is 38.0 Å². The Morgan fingerprint density at radius 1 is 1.24 bits per heavy atom. The van der Waals surface area contributed by atoms with E-state index in [4.69, 9.17) is 4.74 Å². The van der Waals surface area contributed by atoms with Crippen LogP contribution in [-0.2, 0) is 17.9 Å². The number of likely N-dealkylation sites (tertiary alicyclic amines) is 1. The zero-order chi connectivity index (χ0) is 17.5. The summed E-state index contributed by atoms with van der Waals surface area (Å²) < 4.78 is 7.69. The molecular formula is C20H29N3O2. The maximum Gasteiger partial charge on any atom is 0.0900 e. The number of rotatable bonds is 8. The molecule has 5 heteroatoms. The van der Waals surface area contributed by atoms with Gasteiger partial charge in [-0.05, 0) is 49.9 Å². The molecule has 0 amide bonds. The first-order valence-electron chi connectivity index (χ1n) is 9.20. The summed E-state index contributed by atoms with van der Waals surface area (Å²) in [5.41, 5.74) is 2.36. The fourth-order valence-electron chi connectivity index (χ4n) is 3.42. The Morgan fingerprint density at radius 2 is 2.00 bits per heavy atom. The van der Waals surface area contributed by atoms with Crippen LogP contribution in [0.5, 0.6) is 0 Å². The molecule has 1 aliphatic rings. The monoisotopic (exact) mass is 343 g/mol. The van der Waals surface area contributed by atoms with Crippen molar-refractivity contribution in [2.75, 3.05) is 26.2 Å². The topological polar surface area (TPSA) is 50.5 Å². The molecule has 1 aromatic carbocycles. The molecule has 0 aliphatic carbocycles. The Labute approximate surface area is 150 Å². The zero-order valence-electron chi connectivity index (χ0n) is 15.1. The summed E-state index contributed by atoms with van der Waals surface area (Å²) in [6.07, 6.45) is 5.93. The lowest BCUT2D eigenvalue weighted by molar-refractivity contribution is 0.00393. The fraction of sp³-hybridized carbons (Fsp3) is 0.550. The normalized spacial score (nSPS) is 17.7. The van der Waals surface area contributed by atoms with Crippen LogP contribution in [-0.4, -0.2) is 52.1 Å². The van der Waals surface area contributed by atoms with Gasteiger partial charge in [-0.15, -0.1) is 0 Å². The largest absolute Gasteiger partial charge is 0.389 e. The molecule has 1 N–H and O–H groups in total. The van der Waals surface area contributed by atoms with Gasteiger partial charge < -0.3 is 14.7 Å². The quantitative estimate of drug-likeness (QED) is 0.800. The number of benzene rings is 1. The van der Waals surface area contributed by atoms with E-state index in [-0.39, 0.29) is 0 Å². The Morgan fingerprint density at radius 3 is 2.68 bits per heavy atom. The van der Waals surface area contributed by atoms with Crippen LogP contribution in [0, 0.1) is 12.8 Å². The molecule has 0 unspecified atom stereocenters. The third-order valence-electron chi connectivity index (χ3n) is 4.81. The smallest absolute Gasteiger partial charge is 0.0900 e. The minimum atomic E-state index is -0.422. The van der Waals surface area contributed by atoms with Crippen LogP contribution in [0.3, 0.4) is 0 Å². The van der Waals surface area contributed by atoms with Crippen molar-refractivity contribution in [3.8, 4) is 0 Å². The first-order valence-corrected chi connectivity index (χ1v) is 9.20. The van der Waals surface area contributed by atoms with Crippen molar-refractivity contribution in [1.29, 1.82) is 0 Å². The van der Waals surface area contributed by atoms with E-state index in [1.807, 2.05) is 36.5 Å². The molecule has 1 atom stereocenters. The van der Waals surface area contributed by atoms with Gasteiger partial charge in [0.15, 0.2) is 0 Å². The van der Waals surface area contributed by atoms with Crippen LogP contribution in [0.2, 0.25) is 0 Å². The van der Waals surface area contributed by atoms with Gasteiger partial charge in [-0.25, -0.2) is 0 Å². The standard InChI is InChI=1S/C20H29N3O2/c1-17-11-21-23(12-17)13-18-7-9-22(10-8-18)14-20(24)16-25-15-19-5-3-2-4-6-19/h2-6,11-12,18,20,24H,7-10,13-16H2,1H3/t20-/m0/s1. The van der Waals surface area contributed by atoms with Gasteiger partial charge in [0, 0.05) is 19.3 Å². The number of aryl methyl sites for hydroxylation is 1. The summed E-state index contributed by atoms with van der Waals surface area (Å²) in [7, 11) is 0. The van der Waals surface area contributed by atoms with E-state index in [9.17, 15) is 5.11 Å². The second-order valence-electron chi connectivity index (χ2n) is 7.14. The van der Waals surface area contributed by atoms with Crippen LogP contribution in [0.1, 0.15) is 24.0 Å². The Bertz CT molecular complexity index is 621. The summed E-state index contributed by atoms with van der Waals surface area (Å²) in [5, 5.41) is 14.6. The van der Waals surface area contributed by atoms with Crippen LogP contribution in [0.15, 0.2) is 42.7 Å². The molecule has 0 radical (unpaired) electrons. The van der Waals surface area contributed by atoms with E-state index in [0.29, 0.717) is 25.7 Å². The highest BCUT2D eigenvalue weighted by Gasteiger charge is 2.21. The molecule has 1 aliphatic heterocycles. The lowest BCUT2D eigenvalue weighted by atomic mass is 9.96. The number of hydrogen-bond donors (Lipinski definition) is 1. The van der Waals surface area contributed by atoms with Crippen LogP contribution in [0.25, 0.3) is 0 Å². The predicted octanol–water partition coefficient (Wildman–Crippen LogP) is 2.48. The molecule has 3 rings (SSSR count). The maximum absolute atomic E-state index is 10.2. The van der Waals surface area contributed by atoms with Crippen molar-refractivity contribution >= 4 is 0 Å². The molecule has 1 fully saturated rings. The number of aromatic nitrogens is 2. The number of aliphatic hydroxyl groups is 1.